The number of carbonyl (C=O) groups is 1. The molecule has 5 nitrogen and oxygen atoms in total. The van der Waals surface area contributed by atoms with Gasteiger partial charge in [-0.3, -0.25) is 4.79 Å². The first-order valence-corrected chi connectivity index (χ1v) is 6.90. The van der Waals surface area contributed by atoms with Gasteiger partial charge >= 0.3 is 0 Å². The van der Waals surface area contributed by atoms with E-state index in [2.05, 4.69) is 5.32 Å². The highest BCUT2D eigenvalue weighted by atomic mass is 19.1. The fourth-order valence-electron chi connectivity index (χ4n) is 2.99. The van der Waals surface area contributed by atoms with Crippen LogP contribution in [-0.2, 0) is 4.79 Å². The lowest BCUT2D eigenvalue weighted by Gasteiger charge is -2.21. The Morgan fingerprint density at radius 1 is 1.47 bits per heavy atom. The molecular formula is C13H21FN4O. The van der Waals surface area contributed by atoms with E-state index >= 15 is 0 Å². The number of hydrogen-bond donors (Lipinski definition) is 2. The summed E-state index contributed by atoms with van der Waals surface area (Å²) in [7, 11) is 0. The molecule has 4 atom stereocenters. The predicted octanol–water partition coefficient (Wildman–Crippen LogP) is 0.166. The van der Waals surface area contributed by atoms with Crippen molar-refractivity contribution in [1.82, 2.24) is 10.2 Å². The van der Waals surface area contributed by atoms with E-state index in [4.69, 9.17) is 11.0 Å². The third-order valence-electron chi connectivity index (χ3n) is 4.14. The summed E-state index contributed by atoms with van der Waals surface area (Å²) >= 11 is 0. The lowest BCUT2D eigenvalue weighted by Crippen LogP contribution is -2.43. The van der Waals surface area contributed by atoms with Crippen LogP contribution in [0.5, 0.6) is 0 Å². The minimum atomic E-state index is -1.07. The maximum absolute atomic E-state index is 13.2. The predicted molar refractivity (Wildman–Crippen MR) is 68.8 cm³/mol. The Morgan fingerprint density at radius 3 is 2.89 bits per heavy atom. The molecule has 1 aliphatic heterocycles. The minimum Gasteiger partial charge on any atom is -0.330 e. The number of nitrogens with zero attached hydrogens (tertiary/aromatic N) is 2. The molecule has 1 saturated heterocycles. The van der Waals surface area contributed by atoms with E-state index in [-0.39, 0.29) is 25.4 Å². The van der Waals surface area contributed by atoms with Crippen molar-refractivity contribution >= 4 is 5.91 Å². The van der Waals surface area contributed by atoms with Crippen LogP contribution in [0, 0.1) is 17.2 Å². The molecule has 106 valence electrons. The van der Waals surface area contributed by atoms with E-state index in [1.807, 2.05) is 6.07 Å². The van der Waals surface area contributed by atoms with Crippen LogP contribution in [-0.4, -0.2) is 48.7 Å². The Hall–Kier alpha value is -1.19. The Balaban J connectivity index is 1.77. The molecule has 2 aliphatic rings. The lowest BCUT2D eigenvalue weighted by molar-refractivity contribution is -0.130. The number of hydrogen-bond acceptors (Lipinski definition) is 4. The van der Waals surface area contributed by atoms with Gasteiger partial charge in [-0.15, -0.1) is 0 Å². The van der Waals surface area contributed by atoms with Crippen LogP contribution in [0.15, 0.2) is 0 Å². The summed E-state index contributed by atoms with van der Waals surface area (Å²) in [6.45, 7) is 0.931. The smallest absolute Gasteiger partial charge is 0.237 e. The zero-order chi connectivity index (χ0) is 13.8. The van der Waals surface area contributed by atoms with E-state index < -0.39 is 12.2 Å². The molecule has 0 aromatic heterocycles. The number of carbonyl (C=O) groups excluding carboxylic acids is 1. The maximum atomic E-state index is 13.2. The fourth-order valence-corrected chi connectivity index (χ4v) is 2.99. The van der Waals surface area contributed by atoms with Crippen molar-refractivity contribution < 1.29 is 9.18 Å². The van der Waals surface area contributed by atoms with E-state index in [0.717, 1.165) is 19.3 Å². The molecule has 2 fully saturated rings. The van der Waals surface area contributed by atoms with Gasteiger partial charge in [0.15, 0.2) is 0 Å². The summed E-state index contributed by atoms with van der Waals surface area (Å²) in [4.78, 5) is 13.3. The highest BCUT2D eigenvalue weighted by molar-refractivity contribution is 5.79. The molecule has 0 unspecified atom stereocenters. The highest BCUT2D eigenvalue weighted by Crippen LogP contribution is 2.24. The molecule has 0 spiro atoms. The van der Waals surface area contributed by atoms with Gasteiger partial charge in [0.1, 0.15) is 12.2 Å². The summed E-state index contributed by atoms with van der Waals surface area (Å²) in [5, 5.41) is 12.1. The summed E-state index contributed by atoms with van der Waals surface area (Å²) in [5.74, 6) is 0.365. The molecule has 1 heterocycles. The minimum absolute atomic E-state index is 0.0504. The standard InChI is InChI=1S/C13H21FN4O/c14-10-4-12(6-16)18(8-10)13(19)7-17-11-2-1-9(3-11)5-15/h9-12,17H,1-5,7-8,15H2/t9-,10-,11+,12-/m0/s1. The van der Waals surface area contributed by atoms with Gasteiger partial charge in [0.05, 0.1) is 19.2 Å². The molecule has 2 rings (SSSR count). The van der Waals surface area contributed by atoms with E-state index in [1.165, 1.54) is 4.90 Å². The normalized spacial score (nSPS) is 34.5. The van der Waals surface area contributed by atoms with Gasteiger partial charge in [-0.1, -0.05) is 0 Å². The first kappa shape index (κ1) is 14.2. The number of nitriles is 1. The van der Waals surface area contributed by atoms with Crippen molar-refractivity contribution in [2.45, 2.75) is 43.9 Å². The van der Waals surface area contributed by atoms with E-state index in [9.17, 15) is 9.18 Å². The maximum Gasteiger partial charge on any atom is 0.237 e. The van der Waals surface area contributed by atoms with Crippen LogP contribution in [0.2, 0.25) is 0 Å². The van der Waals surface area contributed by atoms with Crippen LogP contribution in [0.1, 0.15) is 25.7 Å². The Morgan fingerprint density at radius 2 is 2.26 bits per heavy atom. The summed E-state index contributed by atoms with van der Waals surface area (Å²) < 4.78 is 13.2. The molecule has 0 bridgehead atoms. The zero-order valence-corrected chi connectivity index (χ0v) is 11.0. The van der Waals surface area contributed by atoms with Crippen molar-refractivity contribution in [3.63, 3.8) is 0 Å². The van der Waals surface area contributed by atoms with Gasteiger partial charge in [-0.25, -0.2) is 4.39 Å². The first-order chi connectivity index (χ1) is 9.13. The largest absolute Gasteiger partial charge is 0.330 e. The number of alkyl halides is 1. The summed E-state index contributed by atoms with van der Waals surface area (Å²) in [6, 6.07) is 1.70. The van der Waals surface area contributed by atoms with Crippen LogP contribution in [0.3, 0.4) is 0 Å². The van der Waals surface area contributed by atoms with Crippen LogP contribution >= 0.6 is 0 Å². The number of nitrogens with one attached hydrogen (secondary N) is 1. The van der Waals surface area contributed by atoms with Gasteiger partial charge < -0.3 is 16.0 Å². The molecule has 1 amide bonds. The number of nitrogens with two attached hydrogens (primary N) is 1. The molecule has 3 N–H and O–H groups in total. The molecule has 1 aliphatic carbocycles. The number of amides is 1. The SMILES string of the molecule is N#C[C@@H]1C[C@H](F)CN1C(=O)CN[C@@H]1CC[C@H](CN)C1. The van der Waals surface area contributed by atoms with E-state index in [0.29, 0.717) is 18.5 Å². The highest BCUT2D eigenvalue weighted by Gasteiger charge is 2.35. The Bertz CT molecular complexity index is 370. The van der Waals surface area contributed by atoms with Crippen LogP contribution in [0.25, 0.3) is 0 Å². The van der Waals surface area contributed by atoms with Crippen LogP contribution < -0.4 is 11.1 Å². The Kier molecular flexibility index (Phi) is 4.72. The molecular weight excluding hydrogens is 247 g/mol. The van der Waals surface area contributed by atoms with Gasteiger partial charge in [-0.2, -0.15) is 5.26 Å². The van der Waals surface area contributed by atoms with Gasteiger partial charge in [0, 0.05) is 12.5 Å². The second-order valence-corrected chi connectivity index (χ2v) is 5.52. The second-order valence-electron chi connectivity index (χ2n) is 5.52. The van der Waals surface area contributed by atoms with Crippen molar-refractivity contribution in [3.05, 3.63) is 0 Å². The molecule has 0 aromatic rings. The molecule has 0 aromatic carbocycles. The van der Waals surface area contributed by atoms with Gasteiger partial charge in [-0.05, 0) is 31.7 Å². The van der Waals surface area contributed by atoms with Gasteiger partial charge in [0.2, 0.25) is 5.91 Å². The number of likely N-dealkylation sites (tertiary alicyclic amines) is 1. The summed E-state index contributed by atoms with van der Waals surface area (Å²) in [5.41, 5.74) is 5.62. The quantitative estimate of drug-likeness (QED) is 0.761. The Labute approximate surface area is 112 Å². The van der Waals surface area contributed by atoms with Crippen molar-refractivity contribution in [3.8, 4) is 6.07 Å². The zero-order valence-electron chi connectivity index (χ0n) is 11.0. The lowest BCUT2D eigenvalue weighted by atomic mass is 10.1. The molecule has 6 heteroatoms. The third-order valence-corrected chi connectivity index (χ3v) is 4.14. The average molecular weight is 268 g/mol. The van der Waals surface area contributed by atoms with Crippen molar-refractivity contribution in [2.24, 2.45) is 11.7 Å². The second kappa shape index (κ2) is 6.31. The first-order valence-electron chi connectivity index (χ1n) is 6.90. The molecule has 19 heavy (non-hydrogen) atoms. The van der Waals surface area contributed by atoms with Crippen molar-refractivity contribution in [2.75, 3.05) is 19.6 Å². The molecule has 0 radical (unpaired) electrons. The van der Waals surface area contributed by atoms with E-state index in [1.54, 1.807) is 0 Å². The molecule has 1 saturated carbocycles. The third kappa shape index (κ3) is 3.43. The monoisotopic (exact) mass is 268 g/mol. The van der Waals surface area contributed by atoms with Crippen LogP contribution in [0.4, 0.5) is 4.39 Å². The average Bonchev–Trinajstić information content (AvgIpc) is 3.01. The fraction of sp³-hybridized carbons (Fsp3) is 0.846. The van der Waals surface area contributed by atoms with Crippen molar-refractivity contribution in [1.29, 1.82) is 5.26 Å². The topological polar surface area (TPSA) is 82.2 Å². The van der Waals surface area contributed by atoms with Gasteiger partial charge in [0.25, 0.3) is 0 Å². The number of rotatable bonds is 4. The summed E-state index contributed by atoms with van der Waals surface area (Å²) in [6.07, 6.45) is 2.20. The number of halogens is 1.